The van der Waals surface area contributed by atoms with Crippen LogP contribution in [-0.2, 0) is 18.9 Å². The van der Waals surface area contributed by atoms with Crippen LogP contribution in [-0.4, -0.2) is 334 Å². The van der Waals surface area contributed by atoms with Crippen LogP contribution in [0.5, 0.6) is 0 Å². The number of aromatic nitrogens is 20. The molecule has 144 heavy (non-hydrogen) atoms. The van der Waals surface area contributed by atoms with Gasteiger partial charge in [0.25, 0.3) is 0 Å². The lowest BCUT2D eigenvalue weighted by molar-refractivity contribution is -0.0629. The van der Waals surface area contributed by atoms with Gasteiger partial charge in [0.15, 0.2) is 88.6 Å². The average molecular weight is 2110 g/mol. The molecule has 0 spiro atoms. The molecular weight excluding hydrogens is 1950 g/mol. The Balaban J connectivity index is 0.000000155. The van der Waals surface area contributed by atoms with E-state index in [1.165, 1.54) is 41.7 Å². The van der Waals surface area contributed by atoms with Crippen molar-refractivity contribution < 1.29 is 142 Å². The molecule has 0 amide bonds. The standard InChI is InChI=1S/4C24H31FN6O4S/c4*1-3-8-36-24-27-22(26-16-10-14(16)13-5-4-12(2)15(25)9-13)19-23(28-24)31(30-29-19)17-11-18(35-7-6-32)21(34)20(17)33/h4*4-5,9,14,16-18,20-21,32-34H,3,6-8,10-11H2,1-2H3,(H,26,27,28)/t4*14-,16+,17+,18-,20-,21+/m0000/s1/i4D,5D,6D2,7D2,8D2,9D,14D;4D,5D,7D2,8D2,9D,14D;4D,5D,6D2,8D2,9D,14D;4D,5D,8D2,9D,14D. The summed E-state index contributed by atoms with van der Waals surface area (Å²) >= 11 is 2.83. The number of rotatable bonds is 40. The van der Waals surface area contributed by atoms with Crippen molar-refractivity contribution in [2.24, 2.45) is 0 Å². The first-order chi connectivity index (χ1) is 81.7. The van der Waals surface area contributed by atoms with Crippen LogP contribution in [0.2, 0.25) is 0 Å². The Labute approximate surface area is 888 Å². The van der Waals surface area contributed by atoms with Crippen LogP contribution >= 0.6 is 47.0 Å². The lowest BCUT2D eigenvalue weighted by atomic mass is 10.1. The van der Waals surface area contributed by atoms with Crippen LogP contribution in [0.25, 0.3) is 44.7 Å². The second-order valence-electron chi connectivity index (χ2n) is 34.2. The highest BCUT2D eigenvalue weighted by molar-refractivity contribution is 7.99. The van der Waals surface area contributed by atoms with Crippen molar-refractivity contribution in [2.75, 3.05) is 96.8 Å². The second-order valence-corrected chi connectivity index (χ2v) is 37.6. The first-order valence-corrected chi connectivity index (χ1v) is 49.1. The minimum atomic E-state index is -3.43. The molecule has 40 nitrogen and oxygen atoms in total. The highest BCUT2D eigenvalue weighted by Gasteiger charge is 2.51. The fourth-order valence-electron chi connectivity index (χ4n) is 16.7. The number of fused-ring (bicyclic) bond motifs is 4. The fraction of sp³-hybridized carbons (Fsp3) is 0.583. The Morgan fingerprint density at radius 1 is 0.347 bits per heavy atom. The molecule has 8 heterocycles. The third kappa shape index (κ3) is 23.8. The van der Waals surface area contributed by atoms with Crippen LogP contribution in [0.1, 0.15) is 241 Å². The van der Waals surface area contributed by atoms with Gasteiger partial charge in [-0.15, -0.1) is 20.4 Å². The number of aliphatic hydroxyl groups is 12. The number of hydrogen-bond donors (Lipinski definition) is 16. The monoisotopic (exact) mass is 2110 g/mol. The van der Waals surface area contributed by atoms with Gasteiger partial charge in [0, 0.05) is 113 Å². The van der Waals surface area contributed by atoms with Gasteiger partial charge in [0.1, 0.15) is 72.1 Å². The third-order valence-corrected chi connectivity index (χ3v) is 27.7. The van der Waals surface area contributed by atoms with Crippen LogP contribution in [0.15, 0.2) is 93.1 Å². The summed E-state index contributed by atoms with van der Waals surface area (Å²) in [4.78, 5) is 35.3. The molecule has 24 atom stereocenters. The highest BCUT2D eigenvalue weighted by atomic mass is 32.2. The van der Waals surface area contributed by atoms with Crippen molar-refractivity contribution >= 4 is 115 Å². The van der Waals surface area contributed by atoms with Gasteiger partial charge in [0.2, 0.25) is 0 Å². The molecule has 8 aliphatic rings. The SMILES string of the molecule is [2H]c1c([2H])c([C@]2([2H])C[C@H]2Nc2nc(SC([2H])([2H])CC)nc3c2nnn3[C@@H]2C[C@H](OC([2H])([2H])C([2H])([2H])O)[C@@H](O)[C@H]2O)c([2H])c(F)c1C.[2H]c1c([2H])c([C@]2([2H])C[C@H]2Nc2nc(SC([2H])([2H])CC)nc3c2nnn3[C@@H]2C[C@H](OC([2H])([2H])CO)[C@@H](O)[C@H]2O)c([2H])c(F)c1C.[2H]c1c([2H])c([C@]2([2H])C[C@H]2Nc2nc(SC([2H])([2H])CC)nc3c2nnn3[C@@H]2C[C@H](OCC([2H])([2H])O)[C@@H](O)[C@H]2O)c([2H])c(F)c1C.[2H]c1c([2H])c([C@]2([2H])C[C@H]2Nc2nc(SC([2H])([2H])CC)nc3c2nnn3[C@@H]2C[C@H](OCCO)[C@@H](O)[C@H]2O)c([2H])c(F)c1C. The van der Waals surface area contributed by atoms with Gasteiger partial charge in [-0.1, -0.05) is 144 Å². The first-order valence-electron chi connectivity index (χ1n) is 61.8. The van der Waals surface area contributed by atoms with Crippen molar-refractivity contribution in [1.82, 2.24) is 99.8 Å². The molecular formula is C96H124F4N24O16S4. The zero-order chi connectivity index (χ0) is 130. The molecule has 8 aromatic heterocycles. The number of anilines is 4. The Morgan fingerprint density at radius 3 is 0.847 bits per heavy atom. The van der Waals surface area contributed by atoms with Crippen LogP contribution in [0, 0.1) is 51.0 Å². The summed E-state index contributed by atoms with van der Waals surface area (Å²) in [5, 5.41) is 167. The smallest absolute Gasteiger partial charge is 0.191 e. The molecule has 4 aromatic carbocycles. The summed E-state index contributed by atoms with van der Waals surface area (Å²) in [6, 6.07) is -13.0. The topological polar surface area (TPSA) is 554 Å². The van der Waals surface area contributed by atoms with Crippen molar-refractivity contribution in [1.29, 1.82) is 0 Å². The molecule has 20 rings (SSSR count). The molecule has 12 aromatic rings. The zero-order valence-corrected chi connectivity index (χ0v) is 81.2. The molecule has 0 unspecified atom stereocenters. The number of aliphatic hydroxyl groups excluding tert-OH is 10. The number of benzene rings is 4. The maximum absolute atomic E-state index is 14.7. The molecule has 776 valence electrons. The molecule has 48 heteroatoms. The van der Waals surface area contributed by atoms with E-state index in [4.69, 9.17) is 67.9 Å². The van der Waals surface area contributed by atoms with E-state index in [0.29, 0.717) is 35.3 Å². The quantitative estimate of drug-likeness (QED) is 0.00969. The Kier molecular flexibility index (Phi) is 23.7. The van der Waals surface area contributed by atoms with Gasteiger partial charge in [-0.05, 0) is 148 Å². The Morgan fingerprint density at radius 2 is 0.604 bits per heavy atom. The predicted octanol–water partition coefficient (Wildman–Crippen LogP) is 8.73. The van der Waals surface area contributed by atoms with Gasteiger partial charge in [-0.2, -0.15) is 0 Å². The summed E-state index contributed by atoms with van der Waals surface area (Å²) in [6.45, 7) is -2.13. The molecule has 16 N–H and O–H groups in total. The predicted molar refractivity (Wildman–Crippen MR) is 530 cm³/mol. The number of nitrogens with zero attached hydrogens (tertiary/aromatic N) is 20. The maximum atomic E-state index is 14.7. The summed E-state index contributed by atoms with van der Waals surface area (Å²) in [5.74, 6) is -10.4. The van der Waals surface area contributed by atoms with E-state index in [9.17, 15) is 73.7 Å². The Hall–Kier alpha value is -9.52. The van der Waals surface area contributed by atoms with Gasteiger partial charge in [0.05, 0.1) is 129 Å². The van der Waals surface area contributed by atoms with Crippen molar-refractivity contribution in [3.63, 3.8) is 0 Å². The first kappa shape index (κ1) is 72.0. The minimum absolute atomic E-state index is 0.00249. The number of hydrogen-bond acceptors (Lipinski definition) is 40. The lowest BCUT2D eigenvalue weighted by Gasteiger charge is -2.17. The lowest BCUT2D eigenvalue weighted by Crippen LogP contribution is -2.33. The number of thioether (sulfide) groups is 4. The van der Waals surface area contributed by atoms with E-state index in [0.717, 1.165) is 16.4 Å². The third-order valence-electron chi connectivity index (χ3n) is 24.5. The van der Waals surface area contributed by atoms with E-state index in [-0.39, 0.29) is 229 Å². The van der Waals surface area contributed by atoms with Crippen LogP contribution in [0.4, 0.5) is 40.8 Å². The van der Waals surface area contributed by atoms with E-state index in [1.54, 1.807) is 27.7 Å². The minimum Gasteiger partial charge on any atom is -0.394 e. The van der Waals surface area contributed by atoms with Crippen LogP contribution in [0.3, 0.4) is 0 Å². The van der Waals surface area contributed by atoms with Crippen molar-refractivity contribution in [2.45, 2.75) is 298 Å². The molecule has 0 radical (unpaired) electrons. The normalized spacial score (nSPS) is 33.7. The highest BCUT2D eigenvalue weighted by Crippen LogP contribution is 2.50. The summed E-state index contributed by atoms with van der Waals surface area (Å²) in [5.41, 5.74) is -8.38. The summed E-state index contributed by atoms with van der Waals surface area (Å²) < 4.78 is 344. The van der Waals surface area contributed by atoms with Gasteiger partial charge < -0.3 is 101 Å². The molecule has 8 fully saturated rings. The Bertz CT molecular complexity index is 8140. The van der Waals surface area contributed by atoms with Gasteiger partial charge >= 0.3 is 0 Å². The second kappa shape index (κ2) is 47.3. The summed E-state index contributed by atoms with van der Waals surface area (Å²) in [6.07, 6.45) is -16.4. The van der Waals surface area contributed by atoms with E-state index >= 15 is 0 Å². The van der Waals surface area contributed by atoms with E-state index < -0.39 is 297 Å². The van der Waals surface area contributed by atoms with Gasteiger partial charge in [-0.25, -0.2) is 76.2 Å². The van der Waals surface area contributed by atoms with E-state index in [1.807, 2.05) is 0 Å². The number of ether oxygens (including phenoxy) is 4. The van der Waals surface area contributed by atoms with Crippen molar-refractivity contribution in [3.8, 4) is 0 Å². The molecule has 0 saturated heterocycles. The summed E-state index contributed by atoms with van der Waals surface area (Å²) in [7, 11) is 0. The molecule has 0 bridgehead atoms. The van der Waals surface area contributed by atoms with Gasteiger partial charge in [-0.3, -0.25) is 0 Å². The van der Waals surface area contributed by atoms with Crippen molar-refractivity contribution in [3.05, 3.63) is 140 Å². The fourth-order valence-corrected chi connectivity index (χ4v) is 18.8. The largest absolute Gasteiger partial charge is 0.394 e. The maximum Gasteiger partial charge on any atom is 0.191 e. The molecule has 8 saturated carbocycles. The number of nitrogens with one attached hydrogen (secondary N) is 4. The molecule has 8 aliphatic carbocycles. The molecule has 0 aliphatic heterocycles. The number of halogens is 4. The zero-order valence-electron chi connectivity index (χ0n) is 110. The van der Waals surface area contributed by atoms with Crippen LogP contribution < -0.4 is 21.3 Å². The average Bonchev–Trinajstić information content (AvgIpc) is 1.56. The van der Waals surface area contributed by atoms with E-state index in [2.05, 4.69) is 102 Å².